The molecule has 2 N–H and O–H groups in total. The Morgan fingerprint density at radius 1 is 1.29 bits per heavy atom. The van der Waals surface area contributed by atoms with E-state index in [9.17, 15) is 0 Å². The average Bonchev–Trinajstić information content (AvgIpc) is 3.00. The maximum Gasteiger partial charge on any atom is 0.191 e. The molecule has 0 bridgehead atoms. The maximum atomic E-state index is 4.38. The second-order valence-electron chi connectivity index (χ2n) is 7.13. The van der Waals surface area contributed by atoms with Crippen molar-refractivity contribution in [3.8, 4) is 0 Å². The van der Waals surface area contributed by atoms with Gasteiger partial charge in [-0.05, 0) is 25.2 Å². The summed E-state index contributed by atoms with van der Waals surface area (Å²) < 4.78 is 2.23. The Balaban J connectivity index is 0.00000169. The summed E-state index contributed by atoms with van der Waals surface area (Å²) in [5, 5.41) is 15.6. The molecule has 0 aromatic carbocycles. The molecule has 134 valence electrons. The third-order valence-electron chi connectivity index (χ3n) is 5.35. The number of likely N-dealkylation sites (tertiary alicyclic amines) is 1. The number of hydrogen-bond acceptors (Lipinski definition) is 4. The molecular formula is C16H28IN7. The van der Waals surface area contributed by atoms with E-state index in [0.717, 1.165) is 43.2 Å². The van der Waals surface area contributed by atoms with Crippen LogP contribution < -0.4 is 10.6 Å². The third kappa shape index (κ3) is 3.68. The topological polar surface area (TPSA) is 70.4 Å². The lowest BCUT2D eigenvalue weighted by molar-refractivity contribution is 0.315. The van der Waals surface area contributed by atoms with E-state index in [1.54, 1.807) is 0 Å². The number of fused-ring (bicyclic) bond motifs is 1. The summed E-state index contributed by atoms with van der Waals surface area (Å²) in [5.41, 5.74) is 0. The normalized spacial score (nSPS) is 27.0. The Morgan fingerprint density at radius 3 is 2.88 bits per heavy atom. The van der Waals surface area contributed by atoms with Gasteiger partial charge in [-0.25, -0.2) is 0 Å². The van der Waals surface area contributed by atoms with Crippen LogP contribution >= 0.6 is 24.0 Å². The smallest absolute Gasteiger partial charge is 0.191 e. The first-order chi connectivity index (χ1) is 11.2. The Bertz CT molecular complexity index is 595. The molecule has 24 heavy (non-hydrogen) atoms. The molecule has 2 unspecified atom stereocenters. The number of aryl methyl sites for hydroxylation is 1. The highest BCUT2D eigenvalue weighted by atomic mass is 127. The number of hydrogen-bond donors (Lipinski definition) is 2. The van der Waals surface area contributed by atoms with Crippen LogP contribution in [0.5, 0.6) is 0 Å². The Kier molecular flexibility index (Phi) is 5.63. The SMILES string of the molecule is CN=C(NCc1nnc2n1CCC2)NC1CN(C2CC2)CC1C.I. The molecule has 2 atom stereocenters. The highest BCUT2D eigenvalue weighted by molar-refractivity contribution is 14.0. The molecule has 0 radical (unpaired) electrons. The second-order valence-corrected chi connectivity index (χ2v) is 7.13. The van der Waals surface area contributed by atoms with E-state index in [1.807, 2.05) is 7.05 Å². The molecular weight excluding hydrogens is 417 g/mol. The molecule has 1 aliphatic carbocycles. The minimum Gasteiger partial charge on any atom is -0.352 e. The van der Waals surface area contributed by atoms with Gasteiger partial charge in [0.2, 0.25) is 0 Å². The molecule has 1 aromatic rings. The van der Waals surface area contributed by atoms with Crippen LogP contribution in [-0.4, -0.2) is 57.8 Å². The summed E-state index contributed by atoms with van der Waals surface area (Å²) in [6, 6.07) is 1.32. The molecule has 0 spiro atoms. The first kappa shape index (κ1) is 17.9. The number of guanidine groups is 1. The predicted molar refractivity (Wildman–Crippen MR) is 105 cm³/mol. The highest BCUT2D eigenvalue weighted by Crippen LogP contribution is 2.31. The van der Waals surface area contributed by atoms with E-state index >= 15 is 0 Å². The van der Waals surface area contributed by atoms with E-state index in [1.165, 1.54) is 25.8 Å². The summed E-state index contributed by atoms with van der Waals surface area (Å²) in [5.74, 6) is 3.66. The monoisotopic (exact) mass is 445 g/mol. The van der Waals surface area contributed by atoms with Gasteiger partial charge in [-0.15, -0.1) is 34.2 Å². The van der Waals surface area contributed by atoms with Gasteiger partial charge in [0.1, 0.15) is 5.82 Å². The number of aliphatic imine (C=N–C) groups is 1. The summed E-state index contributed by atoms with van der Waals surface area (Å²) in [6.45, 7) is 6.39. The van der Waals surface area contributed by atoms with Gasteiger partial charge in [-0.2, -0.15) is 0 Å². The molecule has 7 nitrogen and oxygen atoms in total. The van der Waals surface area contributed by atoms with Gasteiger partial charge in [0.25, 0.3) is 0 Å². The van der Waals surface area contributed by atoms with Gasteiger partial charge in [-0.1, -0.05) is 6.92 Å². The molecule has 8 heteroatoms. The van der Waals surface area contributed by atoms with Gasteiger partial charge < -0.3 is 15.2 Å². The molecule has 1 aromatic heterocycles. The van der Waals surface area contributed by atoms with Gasteiger partial charge >= 0.3 is 0 Å². The van der Waals surface area contributed by atoms with Crippen molar-refractivity contribution < 1.29 is 0 Å². The molecule has 4 rings (SSSR count). The van der Waals surface area contributed by atoms with Crippen molar-refractivity contribution in [1.82, 2.24) is 30.3 Å². The van der Waals surface area contributed by atoms with Crippen LogP contribution in [0.1, 0.15) is 37.8 Å². The quantitative estimate of drug-likeness (QED) is 0.411. The van der Waals surface area contributed by atoms with Crippen molar-refractivity contribution in [3.63, 3.8) is 0 Å². The first-order valence-electron chi connectivity index (χ1n) is 8.87. The average molecular weight is 445 g/mol. The van der Waals surface area contributed by atoms with Crippen LogP contribution in [0.25, 0.3) is 0 Å². The van der Waals surface area contributed by atoms with E-state index < -0.39 is 0 Å². The lowest BCUT2D eigenvalue weighted by atomic mass is 10.1. The maximum absolute atomic E-state index is 4.38. The van der Waals surface area contributed by atoms with E-state index in [2.05, 4.69) is 42.2 Å². The predicted octanol–water partition coefficient (Wildman–Crippen LogP) is 0.990. The standard InChI is InChI=1S/C16H27N7.HI/c1-11-9-22(12-5-6-12)10-13(11)19-16(17-2)18-8-15-21-20-14-4-3-7-23(14)15;/h11-13H,3-10H2,1-2H3,(H2,17,18,19);1H. The molecule has 2 fully saturated rings. The largest absolute Gasteiger partial charge is 0.352 e. The number of halogens is 1. The van der Waals surface area contributed by atoms with Gasteiger partial charge in [-0.3, -0.25) is 9.89 Å². The van der Waals surface area contributed by atoms with Gasteiger partial charge in [0.05, 0.1) is 6.54 Å². The van der Waals surface area contributed by atoms with Gasteiger partial charge in [0.15, 0.2) is 11.8 Å². The van der Waals surface area contributed by atoms with E-state index in [4.69, 9.17) is 0 Å². The summed E-state index contributed by atoms with van der Waals surface area (Å²) in [6.07, 6.45) is 4.99. The zero-order valence-corrected chi connectivity index (χ0v) is 16.9. The minimum absolute atomic E-state index is 0. The fourth-order valence-electron chi connectivity index (χ4n) is 3.80. The van der Waals surface area contributed by atoms with Crippen molar-refractivity contribution >= 4 is 29.9 Å². The molecule has 3 aliphatic rings. The van der Waals surface area contributed by atoms with E-state index in [-0.39, 0.29) is 24.0 Å². The second kappa shape index (κ2) is 7.55. The number of nitrogens with one attached hydrogen (secondary N) is 2. The minimum atomic E-state index is 0. The fourth-order valence-corrected chi connectivity index (χ4v) is 3.80. The van der Waals surface area contributed by atoms with Crippen LogP contribution in [0.2, 0.25) is 0 Å². The zero-order chi connectivity index (χ0) is 15.8. The molecule has 2 aliphatic heterocycles. The van der Waals surface area contributed by atoms with Crippen LogP contribution in [0, 0.1) is 5.92 Å². The van der Waals surface area contributed by atoms with Gasteiger partial charge in [0, 0.05) is 45.2 Å². The number of nitrogens with zero attached hydrogens (tertiary/aromatic N) is 5. The molecule has 1 saturated heterocycles. The first-order valence-corrected chi connectivity index (χ1v) is 8.87. The number of rotatable bonds is 4. The van der Waals surface area contributed by atoms with Crippen molar-refractivity contribution in [2.45, 2.75) is 57.8 Å². The molecule has 1 saturated carbocycles. The van der Waals surface area contributed by atoms with Crippen molar-refractivity contribution in [3.05, 3.63) is 11.6 Å². The lowest BCUT2D eigenvalue weighted by Gasteiger charge is -2.20. The number of aromatic nitrogens is 3. The zero-order valence-electron chi connectivity index (χ0n) is 14.5. The Hall–Kier alpha value is -0.900. The summed E-state index contributed by atoms with van der Waals surface area (Å²) in [7, 11) is 1.84. The Morgan fingerprint density at radius 2 is 2.12 bits per heavy atom. The highest BCUT2D eigenvalue weighted by Gasteiger charge is 2.38. The van der Waals surface area contributed by atoms with Crippen LogP contribution in [-0.2, 0) is 19.5 Å². The fraction of sp³-hybridized carbons (Fsp3) is 0.812. The van der Waals surface area contributed by atoms with Crippen LogP contribution in [0.15, 0.2) is 4.99 Å². The van der Waals surface area contributed by atoms with Crippen molar-refractivity contribution in [2.75, 3.05) is 20.1 Å². The lowest BCUT2D eigenvalue weighted by Crippen LogP contribution is -2.46. The van der Waals surface area contributed by atoms with E-state index in [0.29, 0.717) is 18.5 Å². The van der Waals surface area contributed by atoms with Crippen LogP contribution in [0.3, 0.4) is 0 Å². The Labute approximate surface area is 160 Å². The summed E-state index contributed by atoms with van der Waals surface area (Å²) in [4.78, 5) is 7.01. The van der Waals surface area contributed by atoms with Crippen LogP contribution in [0.4, 0.5) is 0 Å². The molecule has 0 amide bonds. The third-order valence-corrected chi connectivity index (χ3v) is 5.35. The summed E-state index contributed by atoms with van der Waals surface area (Å²) >= 11 is 0. The van der Waals surface area contributed by atoms with Crippen molar-refractivity contribution in [2.24, 2.45) is 10.9 Å². The van der Waals surface area contributed by atoms with Crippen molar-refractivity contribution in [1.29, 1.82) is 0 Å². The molecule has 3 heterocycles.